The van der Waals surface area contributed by atoms with Crippen LogP contribution in [0.2, 0.25) is 0 Å². The zero-order chi connectivity index (χ0) is 21.2. The summed E-state index contributed by atoms with van der Waals surface area (Å²) in [7, 11) is 1.44. The fourth-order valence-corrected chi connectivity index (χ4v) is 2.88. The van der Waals surface area contributed by atoms with Gasteiger partial charge in [0.1, 0.15) is 0 Å². The molecule has 0 unspecified atom stereocenters. The van der Waals surface area contributed by atoms with E-state index in [1.807, 2.05) is 13.0 Å². The molecule has 29 heavy (non-hydrogen) atoms. The lowest BCUT2D eigenvalue weighted by molar-refractivity contribution is -0.137. The summed E-state index contributed by atoms with van der Waals surface area (Å²) in [6, 6.07) is 11.7. The third kappa shape index (κ3) is 4.56. The molecule has 1 amide bonds. The van der Waals surface area contributed by atoms with Gasteiger partial charge in [-0.05, 0) is 31.2 Å². The third-order valence-corrected chi connectivity index (χ3v) is 4.38. The third-order valence-electron chi connectivity index (χ3n) is 4.38. The largest absolute Gasteiger partial charge is 0.416 e. The van der Waals surface area contributed by atoms with Gasteiger partial charge >= 0.3 is 11.9 Å². The van der Waals surface area contributed by atoms with Crippen molar-refractivity contribution in [2.75, 3.05) is 6.54 Å². The smallest absolute Gasteiger partial charge is 0.350 e. The molecule has 3 rings (SSSR count). The van der Waals surface area contributed by atoms with Gasteiger partial charge in [-0.2, -0.15) is 13.2 Å². The lowest BCUT2D eigenvalue weighted by Gasteiger charge is -2.08. The summed E-state index contributed by atoms with van der Waals surface area (Å²) in [5.74, 6) is -0.165. The molecule has 0 atom stereocenters. The van der Waals surface area contributed by atoms with Crippen LogP contribution >= 0.6 is 0 Å². The van der Waals surface area contributed by atoms with Gasteiger partial charge in [0.15, 0.2) is 5.82 Å². The number of hydrogen-bond donors (Lipinski definition) is 1. The van der Waals surface area contributed by atoms with Crippen molar-refractivity contribution in [2.24, 2.45) is 7.05 Å². The summed E-state index contributed by atoms with van der Waals surface area (Å²) >= 11 is 0. The molecule has 0 spiro atoms. The topological polar surface area (TPSA) is 68.9 Å². The summed E-state index contributed by atoms with van der Waals surface area (Å²) in [6.45, 7) is 2.11. The van der Waals surface area contributed by atoms with Crippen LogP contribution in [-0.4, -0.2) is 26.8 Å². The molecule has 1 N–H and O–H groups in total. The minimum Gasteiger partial charge on any atom is -0.350 e. The van der Waals surface area contributed by atoms with Crippen molar-refractivity contribution >= 4 is 5.91 Å². The quantitative estimate of drug-likeness (QED) is 0.711. The van der Waals surface area contributed by atoms with Crippen molar-refractivity contribution in [2.45, 2.75) is 19.6 Å². The average molecular weight is 404 g/mol. The van der Waals surface area contributed by atoms with Gasteiger partial charge in [-0.25, -0.2) is 9.48 Å². The Morgan fingerprint density at radius 3 is 2.55 bits per heavy atom. The molecule has 0 radical (unpaired) electrons. The van der Waals surface area contributed by atoms with Gasteiger partial charge in [-0.3, -0.25) is 9.36 Å². The van der Waals surface area contributed by atoms with Crippen molar-refractivity contribution < 1.29 is 18.0 Å². The maximum absolute atomic E-state index is 12.9. The van der Waals surface area contributed by atoms with Gasteiger partial charge in [-0.15, -0.1) is 5.10 Å². The molecule has 6 nitrogen and oxygen atoms in total. The molecule has 0 aliphatic carbocycles. The number of nitrogens with one attached hydrogen (secondary N) is 1. The van der Waals surface area contributed by atoms with Gasteiger partial charge in [0.25, 0.3) is 5.91 Å². The van der Waals surface area contributed by atoms with E-state index < -0.39 is 17.4 Å². The second-order valence-electron chi connectivity index (χ2n) is 6.59. The molecule has 0 fully saturated rings. The maximum atomic E-state index is 12.9. The van der Waals surface area contributed by atoms with Crippen LogP contribution in [0.5, 0.6) is 0 Å². The molecule has 0 aliphatic heterocycles. The monoisotopic (exact) mass is 404 g/mol. The van der Waals surface area contributed by atoms with E-state index in [0.717, 1.165) is 22.4 Å². The summed E-state index contributed by atoms with van der Waals surface area (Å²) in [5, 5.41) is 6.84. The Balaban J connectivity index is 1.74. The first-order chi connectivity index (χ1) is 13.7. The highest BCUT2D eigenvalue weighted by atomic mass is 19.4. The Labute approximate surface area is 164 Å². The number of carbonyl (C=O) groups is 1. The number of amides is 1. The molecule has 0 saturated carbocycles. The van der Waals surface area contributed by atoms with Crippen LogP contribution in [0.25, 0.3) is 11.4 Å². The summed E-state index contributed by atoms with van der Waals surface area (Å²) in [4.78, 5) is 24.5. The number of aryl methyl sites for hydroxylation is 1. The van der Waals surface area contributed by atoms with Crippen LogP contribution in [0.1, 0.15) is 21.5 Å². The zero-order valence-corrected chi connectivity index (χ0v) is 15.8. The van der Waals surface area contributed by atoms with Crippen LogP contribution in [0.3, 0.4) is 0 Å². The molecule has 152 valence electrons. The zero-order valence-electron chi connectivity index (χ0n) is 15.8. The van der Waals surface area contributed by atoms with E-state index in [0.29, 0.717) is 5.56 Å². The molecule has 9 heteroatoms. The van der Waals surface area contributed by atoms with E-state index >= 15 is 0 Å². The number of alkyl halides is 3. The van der Waals surface area contributed by atoms with Crippen molar-refractivity contribution in [3.8, 4) is 11.4 Å². The van der Waals surface area contributed by atoms with Gasteiger partial charge < -0.3 is 5.32 Å². The molecule has 0 saturated heterocycles. The maximum Gasteiger partial charge on any atom is 0.416 e. The minimum atomic E-state index is -4.49. The van der Waals surface area contributed by atoms with Crippen LogP contribution < -0.4 is 11.0 Å². The lowest BCUT2D eigenvalue weighted by atomic mass is 10.1. The van der Waals surface area contributed by atoms with Crippen LogP contribution in [0.15, 0.2) is 53.3 Å². The molecule has 3 aromatic rings. The Morgan fingerprint density at radius 1 is 1.14 bits per heavy atom. The van der Waals surface area contributed by atoms with Crippen LogP contribution in [0, 0.1) is 6.92 Å². The van der Waals surface area contributed by atoms with Crippen LogP contribution in [-0.2, 0) is 19.8 Å². The SMILES string of the molecule is Cc1cccc(C(=O)NCCn2nc(-c3cccc(C(F)(F)F)c3)n(C)c2=O)c1. The molecular formula is C20H19F3N4O2. The minimum absolute atomic E-state index is 0.0865. The second kappa shape index (κ2) is 7.94. The summed E-state index contributed by atoms with van der Waals surface area (Å²) in [6.07, 6.45) is -4.49. The predicted molar refractivity (Wildman–Crippen MR) is 101 cm³/mol. The van der Waals surface area contributed by atoms with E-state index in [9.17, 15) is 22.8 Å². The first-order valence-electron chi connectivity index (χ1n) is 8.83. The average Bonchev–Trinajstić information content (AvgIpc) is 2.96. The number of nitrogens with zero attached hydrogens (tertiary/aromatic N) is 3. The first kappa shape index (κ1) is 20.4. The first-order valence-corrected chi connectivity index (χ1v) is 8.83. The standard InChI is InChI=1S/C20H19F3N4O2/c1-13-5-3-7-15(11-13)18(28)24-9-10-27-19(29)26(2)17(25-27)14-6-4-8-16(12-14)20(21,22)23/h3-8,11-12H,9-10H2,1-2H3,(H,24,28). The molecule has 2 aromatic carbocycles. The fourth-order valence-electron chi connectivity index (χ4n) is 2.88. The van der Waals surface area contributed by atoms with Crippen molar-refractivity contribution in [3.05, 3.63) is 75.7 Å². The number of rotatable bonds is 5. The van der Waals surface area contributed by atoms with E-state index in [1.165, 1.54) is 23.7 Å². The van der Waals surface area contributed by atoms with Crippen molar-refractivity contribution in [1.82, 2.24) is 19.7 Å². The Bertz CT molecular complexity index is 1100. The number of benzene rings is 2. The van der Waals surface area contributed by atoms with E-state index in [2.05, 4.69) is 10.4 Å². The highest BCUT2D eigenvalue weighted by Crippen LogP contribution is 2.31. The fraction of sp³-hybridized carbons (Fsp3) is 0.250. The van der Waals surface area contributed by atoms with E-state index in [-0.39, 0.29) is 30.4 Å². The Morgan fingerprint density at radius 2 is 1.86 bits per heavy atom. The second-order valence-corrected chi connectivity index (χ2v) is 6.59. The number of aromatic nitrogens is 3. The van der Waals surface area contributed by atoms with Gasteiger partial charge in [-0.1, -0.05) is 29.8 Å². The van der Waals surface area contributed by atoms with E-state index in [4.69, 9.17) is 0 Å². The molecule has 1 heterocycles. The molecule has 0 aliphatic rings. The number of hydrogen-bond acceptors (Lipinski definition) is 3. The lowest BCUT2D eigenvalue weighted by Crippen LogP contribution is -2.31. The number of carbonyl (C=O) groups excluding carboxylic acids is 1. The normalized spacial score (nSPS) is 11.5. The highest BCUT2D eigenvalue weighted by Gasteiger charge is 2.30. The summed E-state index contributed by atoms with van der Waals surface area (Å²) in [5.41, 5.74) is 0.332. The van der Waals surface area contributed by atoms with Gasteiger partial charge in [0.05, 0.1) is 12.1 Å². The molecule has 0 bridgehead atoms. The highest BCUT2D eigenvalue weighted by molar-refractivity contribution is 5.94. The van der Waals surface area contributed by atoms with Crippen LogP contribution in [0.4, 0.5) is 13.2 Å². The van der Waals surface area contributed by atoms with Crippen molar-refractivity contribution in [3.63, 3.8) is 0 Å². The van der Waals surface area contributed by atoms with E-state index in [1.54, 1.807) is 18.2 Å². The molecule has 1 aromatic heterocycles. The molecular weight excluding hydrogens is 385 g/mol. The summed E-state index contributed by atoms with van der Waals surface area (Å²) < 4.78 is 41.1. The van der Waals surface area contributed by atoms with Crippen molar-refractivity contribution in [1.29, 1.82) is 0 Å². The Hall–Kier alpha value is -3.36. The predicted octanol–water partition coefficient (Wildman–Crippen LogP) is 3.01. The number of halogens is 3. The van der Waals surface area contributed by atoms with Gasteiger partial charge in [0.2, 0.25) is 0 Å². The Kier molecular flexibility index (Phi) is 5.58. The van der Waals surface area contributed by atoms with Gasteiger partial charge in [0, 0.05) is 24.7 Å².